The number of hydrogen-bond donors (Lipinski definition) is 2. The molecule has 2 saturated heterocycles. The van der Waals surface area contributed by atoms with E-state index in [-0.39, 0.29) is 31.5 Å². The van der Waals surface area contributed by atoms with E-state index in [2.05, 4.69) is 4.98 Å². The molecule has 0 radical (unpaired) electrons. The van der Waals surface area contributed by atoms with Gasteiger partial charge in [-0.15, -0.1) is 0 Å². The number of hydrogen-bond acceptors (Lipinski definition) is 6. The summed E-state index contributed by atoms with van der Waals surface area (Å²) >= 11 is 0. The summed E-state index contributed by atoms with van der Waals surface area (Å²) in [5.41, 5.74) is 0.914. The lowest BCUT2D eigenvalue weighted by Gasteiger charge is -2.20. The number of fused-ring (bicyclic) bond motifs is 1. The third-order valence-electron chi connectivity index (χ3n) is 4.48. The molecule has 128 valence electrons. The van der Waals surface area contributed by atoms with Gasteiger partial charge in [0.05, 0.1) is 25.9 Å². The zero-order valence-corrected chi connectivity index (χ0v) is 13.1. The van der Waals surface area contributed by atoms with Gasteiger partial charge in [0.2, 0.25) is 0 Å². The smallest absolute Gasteiger partial charge is 0.140 e. The molecule has 3 heterocycles. The van der Waals surface area contributed by atoms with Crippen LogP contribution in [0.15, 0.2) is 36.7 Å². The molecule has 24 heavy (non-hydrogen) atoms. The highest BCUT2D eigenvalue weighted by Gasteiger charge is 2.48. The lowest BCUT2D eigenvalue weighted by atomic mass is 10.1. The largest absolute Gasteiger partial charge is 0.491 e. The van der Waals surface area contributed by atoms with E-state index < -0.39 is 6.10 Å². The van der Waals surface area contributed by atoms with Gasteiger partial charge in [0, 0.05) is 18.0 Å². The molecule has 4 rings (SSSR count). The van der Waals surface area contributed by atoms with E-state index in [1.807, 2.05) is 35.0 Å². The first kappa shape index (κ1) is 15.6. The zero-order chi connectivity index (χ0) is 16.5. The van der Waals surface area contributed by atoms with Crippen LogP contribution in [0.2, 0.25) is 0 Å². The first-order valence-corrected chi connectivity index (χ1v) is 8.06. The van der Waals surface area contributed by atoms with Gasteiger partial charge < -0.3 is 29.0 Å². The highest BCUT2D eigenvalue weighted by Crippen LogP contribution is 2.36. The lowest BCUT2D eigenvalue weighted by molar-refractivity contribution is 0.0172. The summed E-state index contributed by atoms with van der Waals surface area (Å²) in [5, 5.41) is 18.8. The fourth-order valence-electron chi connectivity index (χ4n) is 3.39. The Morgan fingerprint density at radius 1 is 1.25 bits per heavy atom. The summed E-state index contributed by atoms with van der Waals surface area (Å²) in [6.45, 7) is 1.02. The minimum Gasteiger partial charge on any atom is -0.491 e. The number of rotatable bonds is 5. The van der Waals surface area contributed by atoms with Crippen LogP contribution in [0.3, 0.4) is 0 Å². The summed E-state index contributed by atoms with van der Waals surface area (Å²) in [5.74, 6) is 1.48. The van der Waals surface area contributed by atoms with Gasteiger partial charge in [-0.25, -0.2) is 4.98 Å². The van der Waals surface area contributed by atoms with Gasteiger partial charge in [0.15, 0.2) is 0 Å². The lowest BCUT2D eigenvalue weighted by Crippen LogP contribution is -2.30. The maximum absolute atomic E-state index is 9.91. The van der Waals surface area contributed by atoms with Crippen molar-refractivity contribution in [3.05, 3.63) is 36.7 Å². The Morgan fingerprint density at radius 3 is 3.00 bits per heavy atom. The topological polar surface area (TPSA) is 86.0 Å². The van der Waals surface area contributed by atoms with Crippen molar-refractivity contribution in [2.45, 2.75) is 24.4 Å². The van der Waals surface area contributed by atoms with Crippen molar-refractivity contribution in [2.75, 3.05) is 26.4 Å². The first-order chi connectivity index (χ1) is 11.8. The maximum atomic E-state index is 9.91. The van der Waals surface area contributed by atoms with E-state index in [9.17, 15) is 5.11 Å². The Morgan fingerprint density at radius 2 is 2.12 bits per heavy atom. The van der Waals surface area contributed by atoms with Crippen LogP contribution in [0.25, 0.3) is 11.4 Å². The molecule has 7 heteroatoms. The molecule has 0 bridgehead atoms. The van der Waals surface area contributed by atoms with Crippen molar-refractivity contribution in [1.82, 2.24) is 9.55 Å². The molecule has 2 N–H and O–H groups in total. The van der Waals surface area contributed by atoms with Crippen LogP contribution in [0.1, 0.15) is 6.04 Å². The SMILES string of the molecule is OCCOc1cccc(-c2nccn2[C@@H]2CO[C@H]3[C@@H]2OC[C@H]3O)c1. The van der Waals surface area contributed by atoms with E-state index in [1.165, 1.54) is 0 Å². The van der Waals surface area contributed by atoms with E-state index in [0.717, 1.165) is 11.4 Å². The van der Waals surface area contributed by atoms with Crippen molar-refractivity contribution in [2.24, 2.45) is 0 Å². The van der Waals surface area contributed by atoms with Crippen molar-refractivity contribution < 1.29 is 24.4 Å². The number of aromatic nitrogens is 2. The number of nitrogens with zero attached hydrogens (tertiary/aromatic N) is 2. The van der Waals surface area contributed by atoms with Crippen LogP contribution in [0.5, 0.6) is 5.75 Å². The number of imidazole rings is 1. The van der Waals surface area contributed by atoms with Crippen LogP contribution < -0.4 is 4.74 Å². The standard InChI is InChI=1S/C17H20N2O5/c20-6-7-22-12-3-1-2-11(8-12)17-18-4-5-19(17)13-9-23-16-14(21)10-24-15(13)16/h1-5,8,13-16,20-21H,6-7,9-10H2/t13-,14-,15-,16-/m1/s1. The molecule has 2 aromatic rings. The third-order valence-corrected chi connectivity index (χ3v) is 4.48. The summed E-state index contributed by atoms with van der Waals surface area (Å²) in [6, 6.07) is 7.57. The van der Waals surface area contributed by atoms with E-state index in [0.29, 0.717) is 19.0 Å². The molecule has 4 atom stereocenters. The Labute approximate surface area is 139 Å². The second-order valence-electron chi connectivity index (χ2n) is 5.99. The van der Waals surface area contributed by atoms with Crippen LogP contribution in [-0.4, -0.2) is 64.5 Å². The highest BCUT2D eigenvalue weighted by atomic mass is 16.6. The number of ether oxygens (including phenoxy) is 3. The second-order valence-corrected chi connectivity index (χ2v) is 5.99. The normalized spacial score (nSPS) is 28.9. The average Bonchev–Trinajstić information content (AvgIpc) is 3.30. The van der Waals surface area contributed by atoms with E-state index in [1.54, 1.807) is 6.20 Å². The second kappa shape index (κ2) is 6.52. The molecular weight excluding hydrogens is 312 g/mol. The van der Waals surface area contributed by atoms with Crippen molar-refractivity contribution in [3.8, 4) is 17.1 Å². The molecular formula is C17H20N2O5. The maximum Gasteiger partial charge on any atom is 0.140 e. The molecule has 0 unspecified atom stereocenters. The van der Waals surface area contributed by atoms with Crippen molar-refractivity contribution in [1.29, 1.82) is 0 Å². The van der Waals surface area contributed by atoms with Crippen molar-refractivity contribution in [3.63, 3.8) is 0 Å². The fourth-order valence-corrected chi connectivity index (χ4v) is 3.39. The van der Waals surface area contributed by atoms with Crippen LogP contribution in [0, 0.1) is 0 Å². The van der Waals surface area contributed by atoms with Gasteiger partial charge in [0.25, 0.3) is 0 Å². The molecule has 2 aliphatic rings. The Balaban J connectivity index is 1.61. The van der Waals surface area contributed by atoms with Gasteiger partial charge in [-0.1, -0.05) is 12.1 Å². The number of aliphatic hydroxyl groups is 2. The first-order valence-electron chi connectivity index (χ1n) is 8.06. The molecule has 0 amide bonds. The molecule has 7 nitrogen and oxygen atoms in total. The predicted molar refractivity (Wildman–Crippen MR) is 84.8 cm³/mol. The fraction of sp³-hybridized carbons (Fsp3) is 0.471. The Hall–Kier alpha value is -1.93. The Bertz CT molecular complexity index is 704. The predicted octanol–water partition coefficient (Wildman–Crippen LogP) is 0.621. The quantitative estimate of drug-likeness (QED) is 0.835. The van der Waals surface area contributed by atoms with Gasteiger partial charge >= 0.3 is 0 Å². The van der Waals surface area contributed by atoms with Gasteiger partial charge in [0.1, 0.15) is 36.5 Å². The van der Waals surface area contributed by atoms with E-state index in [4.69, 9.17) is 19.3 Å². The monoisotopic (exact) mass is 332 g/mol. The van der Waals surface area contributed by atoms with Crippen LogP contribution >= 0.6 is 0 Å². The molecule has 2 fully saturated rings. The molecule has 1 aromatic carbocycles. The molecule has 0 spiro atoms. The summed E-state index contributed by atoms with van der Waals surface area (Å²) < 4.78 is 18.9. The van der Waals surface area contributed by atoms with Gasteiger partial charge in [-0.05, 0) is 12.1 Å². The van der Waals surface area contributed by atoms with Gasteiger partial charge in [-0.2, -0.15) is 0 Å². The van der Waals surface area contributed by atoms with Crippen LogP contribution in [0.4, 0.5) is 0 Å². The summed E-state index contributed by atoms with van der Waals surface area (Å²) in [7, 11) is 0. The summed E-state index contributed by atoms with van der Waals surface area (Å²) in [4.78, 5) is 4.47. The third kappa shape index (κ3) is 2.69. The van der Waals surface area contributed by atoms with Gasteiger partial charge in [-0.3, -0.25) is 0 Å². The minimum atomic E-state index is -0.567. The number of aliphatic hydroxyl groups excluding tert-OH is 2. The molecule has 1 aromatic heterocycles. The molecule has 2 aliphatic heterocycles. The van der Waals surface area contributed by atoms with E-state index >= 15 is 0 Å². The highest BCUT2D eigenvalue weighted by molar-refractivity contribution is 5.58. The molecule has 0 aliphatic carbocycles. The van der Waals surface area contributed by atoms with Crippen LogP contribution in [-0.2, 0) is 9.47 Å². The zero-order valence-electron chi connectivity index (χ0n) is 13.1. The van der Waals surface area contributed by atoms with Crippen molar-refractivity contribution >= 4 is 0 Å². The molecule has 0 saturated carbocycles. The average molecular weight is 332 g/mol. The Kier molecular flexibility index (Phi) is 4.24. The number of benzene rings is 1. The summed E-state index contributed by atoms with van der Waals surface area (Å²) in [6.07, 6.45) is 2.64. The minimum absolute atomic E-state index is 0.0216.